The Bertz CT molecular complexity index is 710. The Morgan fingerprint density at radius 2 is 2.13 bits per heavy atom. The molecule has 0 radical (unpaired) electrons. The molecule has 1 amide bonds. The van der Waals surface area contributed by atoms with Gasteiger partial charge in [-0.2, -0.15) is 0 Å². The van der Waals surface area contributed by atoms with Gasteiger partial charge in [-0.1, -0.05) is 23.7 Å². The highest BCUT2D eigenvalue weighted by Crippen LogP contribution is 2.32. The number of nitrogens with one attached hydrogen (secondary N) is 1. The van der Waals surface area contributed by atoms with Crippen molar-refractivity contribution in [1.29, 1.82) is 0 Å². The lowest BCUT2D eigenvalue weighted by molar-refractivity contribution is -0.122. The first-order valence-electron chi connectivity index (χ1n) is 7.88. The van der Waals surface area contributed by atoms with Crippen molar-refractivity contribution in [2.24, 2.45) is 5.92 Å². The van der Waals surface area contributed by atoms with Crippen LogP contribution in [0.25, 0.3) is 10.1 Å². The van der Waals surface area contributed by atoms with Crippen LogP contribution in [0.3, 0.4) is 0 Å². The van der Waals surface area contributed by atoms with Crippen molar-refractivity contribution in [3.8, 4) is 0 Å². The first kappa shape index (κ1) is 17.0. The highest BCUT2D eigenvalue weighted by Gasteiger charge is 2.34. The van der Waals surface area contributed by atoms with Crippen molar-refractivity contribution in [3.63, 3.8) is 0 Å². The first-order valence-corrected chi connectivity index (χ1v) is 9.07. The van der Waals surface area contributed by atoms with E-state index in [-0.39, 0.29) is 18.3 Å². The van der Waals surface area contributed by atoms with E-state index in [1.165, 1.54) is 25.9 Å². The van der Waals surface area contributed by atoms with Gasteiger partial charge in [-0.25, -0.2) is 0 Å². The molecule has 0 saturated carbocycles. The quantitative estimate of drug-likeness (QED) is 0.892. The summed E-state index contributed by atoms with van der Waals surface area (Å²) in [6.07, 6.45) is 2.91. The number of fused-ring (bicyclic) bond motifs is 4. The molecule has 124 valence electrons. The molecule has 2 bridgehead atoms. The average Bonchev–Trinajstić information content (AvgIpc) is 2.92. The van der Waals surface area contributed by atoms with Crippen molar-refractivity contribution in [2.45, 2.75) is 25.3 Å². The Morgan fingerprint density at radius 3 is 2.78 bits per heavy atom. The van der Waals surface area contributed by atoms with Crippen molar-refractivity contribution < 1.29 is 4.79 Å². The molecule has 23 heavy (non-hydrogen) atoms. The second-order valence-corrected chi connectivity index (χ2v) is 7.90. The Hall–Kier alpha value is -0.810. The average molecular weight is 371 g/mol. The molecule has 4 heterocycles. The van der Waals surface area contributed by atoms with E-state index in [9.17, 15) is 4.79 Å². The summed E-state index contributed by atoms with van der Waals surface area (Å²) < 4.78 is 1.08. The minimum Gasteiger partial charge on any atom is -0.351 e. The number of hydrogen-bond acceptors (Lipinski definition) is 3. The van der Waals surface area contributed by atoms with Crippen LogP contribution in [0.2, 0.25) is 5.02 Å². The molecule has 6 heteroatoms. The Balaban J connectivity index is 0.00000156. The number of thiophene rings is 1. The molecule has 0 aliphatic carbocycles. The minimum atomic E-state index is 0. The summed E-state index contributed by atoms with van der Waals surface area (Å²) in [6, 6.07) is 8.33. The van der Waals surface area contributed by atoms with Gasteiger partial charge < -0.3 is 10.2 Å². The Labute approximate surface area is 151 Å². The fourth-order valence-electron chi connectivity index (χ4n) is 3.71. The van der Waals surface area contributed by atoms with Crippen LogP contribution in [0.15, 0.2) is 24.3 Å². The highest BCUT2D eigenvalue weighted by molar-refractivity contribution is 7.19. The minimum absolute atomic E-state index is 0. The third kappa shape index (κ3) is 3.50. The fourth-order valence-corrected chi connectivity index (χ4v) is 5.07. The van der Waals surface area contributed by atoms with Gasteiger partial charge in [-0.3, -0.25) is 4.79 Å². The molecule has 2 aromatic rings. The number of rotatable bonds is 3. The number of halogens is 2. The van der Waals surface area contributed by atoms with Crippen LogP contribution in [0, 0.1) is 5.92 Å². The summed E-state index contributed by atoms with van der Waals surface area (Å²) in [6.45, 7) is 3.42. The van der Waals surface area contributed by atoms with E-state index >= 15 is 0 Å². The SMILES string of the molecule is Cl.O=C(Cc1cc2cccc(Cl)c2s1)N[C@H]1CN2CCC1CC2. The Kier molecular flexibility index (Phi) is 5.16. The van der Waals surface area contributed by atoms with E-state index in [1.807, 2.05) is 18.2 Å². The predicted molar refractivity (Wildman–Crippen MR) is 98.9 cm³/mol. The van der Waals surface area contributed by atoms with Gasteiger partial charge in [0.25, 0.3) is 0 Å². The zero-order valence-electron chi connectivity index (χ0n) is 12.8. The molecule has 5 rings (SSSR count). The number of piperidine rings is 3. The Morgan fingerprint density at radius 1 is 1.35 bits per heavy atom. The maximum Gasteiger partial charge on any atom is 0.225 e. The lowest BCUT2D eigenvalue weighted by atomic mass is 9.84. The van der Waals surface area contributed by atoms with E-state index < -0.39 is 0 Å². The lowest BCUT2D eigenvalue weighted by Gasteiger charge is -2.44. The largest absolute Gasteiger partial charge is 0.351 e. The van der Waals surface area contributed by atoms with Gasteiger partial charge >= 0.3 is 0 Å². The second kappa shape index (κ2) is 6.98. The van der Waals surface area contributed by atoms with E-state index in [1.54, 1.807) is 11.3 Å². The fraction of sp³-hybridized carbons (Fsp3) is 0.471. The van der Waals surface area contributed by atoms with Crippen molar-refractivity contribution in [1.82, 2.24) is 10.2 Å². The van der Waals surface area contributed by atoms with E-state index in [4.69, 9.17) is 11.6 Å². The van der Waals surface area contributed by atoms with Gasteiger partial charge in [0.05, 0.1) is 16.1 Å². The van der Waals surface area contributed by atoms with Crippen LogP contribution in [0.5, 0.6) is 0 Å². The third-order valence-electron chi connectivity index (χ3n) is 4.88. The number of carbonyl (C=O) groups excluding carboxylic acids is 1. The second-order valence-electron chi connectivity index (χ2n) is 6.36. The number of amides is 1. The highest BCUT2D eigenvalue weighted by atomic mass is 35.5. The molecule has 3 aliphatic rings. The molecule has 3 nitrogen and oxygen atoms in total. The number of carbonyl (C=O) groups is 1. The first-order chi connectivity index (χ1) is 10.7. The van der Waals surface area contributed by atoms with E-state index in [0.29, 0.717) is 18.4 Å². The maximum atomic E-state index is 12.4. The molecule has 0 spiro atoms. The summed E-state index contributed by atoms with van der Waals surface area (Å²) in [5, 5.41) is 5.15. The molecule has 3 saturated heterocycles. The molecular weight excluding hydrogens is 351 g/mol. The van der Waals surface area contributed by atoms with Gasteiger partial charge in [-0.05, 0) is 49.4 Å². The smallest absolute Gasteiger partial charge is 0.225 e. The number of nitrogens with zero attached hydrogens (tertiary/aromatic N) is 1. The zero-order chi connectivity index (χ0) is 15.1. The number of benzene rings is 1. The lowest BCUT2D eigenvalue weighted by Crippen LogP contribution is -2.57. The van der Waals surface area contributed by atoms with Crippen LogP contribution in [0.1, 0.15) is 17.7 Å². The predicted octanol–water partition coefficient (Wildman–Crippen LogP) is 3.73. The standard InChI is InChI=1S/C17H19ClN2OS.ClH/c18-14-3-1-2-12-8-13(22-17(12)14)9-16(21)19-15-10-20-6-4-11(15)5-7-20;/h1-3,8,11,15H,4-7,9-10H2,(H,19,21);1H/t15-;/m0./s1. The normalized spacial score (nSPS) is 26.0. The molecule has 3 fully saturated rings. The summed E-state index contributed by atoms with van der Waals surface area (Å²) >= 11 is 7.84. The molecule has 1 N–H and O–H groups in total. The van der Waals surface area contributed by atoms with E-state index in [0.717, 1.165) is 26.5 Å². The van der Waals surface area contributed by atoms with Crippen LogP contribution >= 0.6 is 35.3 Å². The van der Waals surface area contributed by atoms with E-state index in [2.05, 4.69) is 16.3 Å². The topological polar surface area (TPSA) is 32.3 Å². The van der Waals surface area contributed by atoms with Gasteiger partial charge in [0.2, 0.25) is 5.91 Å². The van der Waals surface area contributed by atoms with Crippen LogP contribution in [-0.4, -0.2) is 36.5 Å². The van der Waals surface area contributed by atoms with Crippen LogP contribution in [0.4, 0.5) is 0 Å². The molecule has 0 unspecified atom stereocenters. The van der Waals surface area contributed by atoms with Crippen LogP contribution < -0.4 is 5.32 Å². The van der Waals surface area contributed by atoms with Gasteiger partial charge in [-0.15, -0.1) is 23.7 Å². The maximum absolute atomic E-state index is 12.4. The summed E-state index contributed by atoms with van der Waals surface area (Å²) in [4.78, 5) is 15.9. The molecule has 1 atom stereocenters. The van der Waals surface area contributed by atoms with Gasteiger partial charge in [0.1, 0.15) is 0 Å². The molecule has 1 aromatic heterocycles. The molecule has 1 aromatic carbocycles. The summed E-state index contributed by atoms with van der Waals surface area (Å²) in [7, 11) is 0. The molecule has 3 aliphatic heterocycles. The zero-order valence-corrected chi connectivity index (χ0v) is 15.1. The third-order valence-corrected chi connectivity index (χ3v) is 6.50. The summed E-state index contributed by atoms with van der Waals surface area (Å²) in [5.74, 6) is 0.812. The van der Waals surface area contributed by atoms with Gasteiger partial charge in [0, 0.05) is 17.5 Å². The van der Waals surface area contributed by atoms with Gasteiger partial charge in [0.15, 0.2) is 0 Å². The van der Waals surface area contributed by atoms with Crippen molar-refractivity contribution in [2.75, 3.05) is 19.6 Å². The van der Waals surface area contributed by atoms with Crippen molar-refractivity contribution >= 4 is 51.3 Å². The van der Waals surface area contributed by atoms with Crippen LogP contribution in [-0.2, 0) is 11.2 Å². The van der Waals surface area contributed by atoms with Crippen molar-refractivity contribution in [3.05, 3.63) is 34.2 Å². The summed E-state index contributed by atoms with van der Waals surface area (Å²) in [5.41, 5.74) is 0. The molecular formula is C17H20Cl2N2OS. The number of hydrogen-bond donors (Lipinski definition) is 1. The monoisotopic (exact) mass is 370 g/mol.